The van der Waals surface area contributed by atoms with E-state index < -0.39 is 11.9 Å². The fourth-order valence-corrected chi connectivity index (χ4v) is 0.543. The summed E-state index contributed by atoms with van der Waals surface area (Å²) in [6, 6.07) is 0. The van der Waals surface area contributed by atoms with E-state index in [-0.39, 0.29) is 11.1 Å². The fraction of sp³-hybridized carbons (Fsp3) is 0.429. The van der Waals surface area contributed by atoms with Crippen LogP contribution in [0.2, 0.25) is 0 Å². The summed E-state index contributed by atoms with van der Waals surface area (Å²) in [7, 11) is 0. The van der Waals surface area contributed by atoms with Crippen LogP contribution in [0.3, 0.4) is 0 Å². The van der Waals surface area contributed by atoms with Crippen LogP contribution in [-0.2, 0) is 19.2 Å². The van der Waals surface area contributed by atoms with Gasteiger partial charge in [0.2, 0.25) is 12.2 Å². The Morgan fingerprint density at radius 2 is 1.55 bits per heavy atom. The number of carboxylic acids is 2. The van der Waals surface area contributed by atoms with Crippen molar-refractivity contribution in [3.8, 4) is 0 Å². The molecule has 0 aliphatic heterocycles. The molecule has 0 saturated carbocycles. The highest BCUT2D eigenvalue weighted by molar-refractivity contribution is 5.85. The molecule has 0 aliphatic rings. The summed E-state index contributed by atoms with van der Waals surface area (Å²) in [4.78, 5) is 44.9. The van der Waals surface area contributed by atoms with Crippen molar-refractivity contribution >= 4 is 24.1 Å². The van der Waals surface area contributed by atoms with Gasteiger partial charge in [-0.3, -0.25) is 0 Å². The molecule has 0 atom stereocenters. The Hall–Kier alpha value is -2.82. The second-order valence-electron chi connectivity index (χ2n) is 3.61. The molecule has 2 N–H and O–H groups in total. The molecule has 0 radical (unpaired) electrons. The van der Waals surface area contributed by atoms with E-state index in [4.69, 9.17) is 15.0 Å². The van der Waals surface area contributed by atoms with E-state index >= 15 is 0 Å². The third kappa shape index (κ3) is 25.9. The Bertz CT molecular complexity index is 472. The predicted molar refractivity (Wildman–Crippen MR) is 80.1 cm³/mol. The molecule has 0 aliphatic carbocycles. The van der Waals surface area contributed by atoms with Gasteiger partial charge in [0.15, 0.2) is 0 Å². The molecule has 22 heavy (non-hydrogen) atoms. The van der Waals surface area contributed by atoms with E-state index in [2.05, 4.69) is 16.6 Å². The highest BCUT2D eigenvalue weighted by atomic mass is 16.4. The molecule has 0 spiro atoms. The van der Waals surface area contributed by atoms with Crippen LogP contribution < -0.4 is 0 Å². The van der Waals surface area contributed by atoms with Gasteiger partial charge in [-0.25, -0.2) is 29.2 Å². The van der Waals surface area contributed by atoms with E-state index in [1.165, 1.54) is 32.1 Å². The SMILES string of the molecule is C=C(C)C(=O)O.CC(=CCCN=C=O)C(=O)O.CCN=C=O. The Morgan fingerprint density at radius 1 is 1.09 bits per heavy atom. The van der Waals surface area contributed by atoms with Gasteiger partial charge in [-0.1, -0.05) is 12.7 Å². The van der Waals surface area contributed by atoms with Gasteiger partial charge in [-0.15, -0.1) is 0 Å². The monoisotopic (exact) mass is 312 g/mol. The zero-order chi connectivity index (χ0) is 18.0. The molecule has 0 unspecified atom stereocenters. The van der Waals surface area contributed by atoms with Gasteiger partial charge in [0.25, 0.3) is 0 Å². The minimum Gasteiger partial charge on any atom is -0.478 e. The van der Waals surface area contributed by atoms with Crippen molar-refractivity contribution < 1.29 is 29.4 Å². The first-order valence-corrected chi connectivity index (χ1v) is 6.10. The molecule has 8 nitrogen and oxygen atoms in total. The zero-order valence-electron chi connectivity index (χ0n) is 12.8. The minimum absolute atomic E-state index is 0.176. The standard InChI is InChI=1S/C7H9NO3.C4H6O2.C3H5NO/c1-6(7(10)11)3-2-4-8-5-9;1-3(2)4(5)6;1-2-4-3-5/h3H,2,4H2,1H3,(H,10,11);1H2,2H3,(H,5,6);2H2,1H3. The Labute approximate surface area is 128 Å². The summed E-state index contributed by atoms with van der Waals surface area (Å²) < 4.78 is 0. The number of nitrogens with zero attached hydrogens (tertiary/aromatic N) is 2. The van der Waals surface area contributed by atoms with Crippen LogP contribution in [0.15, 0.2) is 33.8 Å². The Kier molecular flexibility index (Phi) is 20.0. The number of hydrogen-bond acceptors (Lipinski definition) is 6. The normalized spacial score (nSPS) is 8.59. The first kappa shape index (κ1) is 24.2. The van der Waals surface area contributed by atoms with Crippen molar-refractivity contribution in [3.63, 3.8) is 0 Å². The summed E-state index contributed by atoms with van der Waals surface area (Å²) in [5.41, 5.74) is 0.445. The quantitative estimate of drug-likeness (QED) is 0.332. The lowest BCUT2D eigenvalue weighted by Gasteiger charge is -1.89. The molecular formula is C14H20N2O6. The molecule has 0 fully saturated rings. The van der Waals surface area contributed by atoms with Gasteiger partial charge >= 0.3 is 11.9 Å². The number of isocyanates is 2. The predicted octanol–water partition coefficient (Wildman–Crippen LogP) is 1.73. The topological polar surface area (TPSA) is 133 Å². The van der Waals surface area contributed by atoms with Gasteiger partial charge < -0.3 is 10.2 Å². The summed E-state index contributed by atoms with van der Waals surface area (Å²) in [5.74, 6) is -1.88. The van der Waals surface area contributed by atoms with Gasteiger partial charge in [0, 0.05) is 17.7 Å². The van der Waals surface area contributed by atoms with Crippen LogP contribution in [0.4, 0.5) is 0 Å². The number of carbonyl (C=O) groups is 2. The summed E-state index contributed by atoms with van der Waals surface area (Å²) in [6.45, 7) is 8.72. The minimum atomic E-state index is -0.944. The lowest BCUT2D eigenvalue weighted by Crippen LogP contribution is -1.95. The summed E-state index contributed by atoms with van der Waals surface area (Å²) in [5, 5.41) is 16.3. The van der Waals surface area contributed by atoms with E-state index in [9.17, 15) is 14.4 Å². The second kappa shape index (κ2) is 18.2. The highest BCUT2D eigenvalue weighted by Crippen LogP contribution is 1.94. The highest BCUT2D eigenvalue weighted by Gasteiger charge is 1.96. The van der Waals surface area contributed by atoms with Gasteiger partial charge in [-0.05, 0) is 27.2 Å². The number of hydrogen-bond donors (Lipinski definition) is 2. The van der Waals surface area contributed by atoms with E-state index in [0.717, 1.165) is 0 Å². The fourth-order valence-electron chi connectivity index (χ4n) is 0.543. The van der Waals surface area contributed by atoms with Crippen molar-refractivity contribution in [2.75, 3.05) is 13.1 Å². The molecule has 122 valence electrons. The first-order valence-electron chi connectivity index (χ1n) is 6.10. The molecule has 8 heteroatoms. The smallest absolute Gasteiger partial charge is 0.330 e. The number of carbonyl (C=O) groups excluding carboxylic acids is 2. The van der Waals surface area contributed by atoms with Crippen LogP contribution in [0, 0.1) is 0 Å². The van der Waals surface area contributed by atoms with Crippen LogP contribution in [0.5, 0.6) is 0 Å². The molecule has 0 aromatic carbocycles. The van der Waals surface area contributed by atoms with Crippen molar-refractivity contribution in [2.24, 2.45) is 9.98 Å². The van der Waals surface area contributed by atoms with Gasteiger partial charge in [0.05, 0.1) is 6.54 Å². The molecule has 0 rings (SSSR count). The van der Waals surface area contributed by atoms with E-state index in [1.807, 2.05) is 0 Å². The van der Waals surface area contributed by atoms with E-state index in [1.54, 1.807) is 6.92 Å². The van der Waals surface area contributed by atoms with Gasteiger partial charge in [-0.2, -0.15) is 0 Å². The summed E-state index contributed by atoms with van der Waals surface area (Å²) >= 11 is 0. The van der Waals surface area contributed by atoms with Crippen molar-refractivity contribution in [1.82, 2.24) is 0 Å². The third-order valence-corrected chi connectivity index (χ3v) is 1.68. The lowest BCUT2D eigenvalue weighted by molar-refractivity contribution is -0.133. The second-order valence-corrected chi connectivity index (χ2v) is 3.61. The molecule has 0 bridgehead atoms. The van der Waals surface area contributed by atoms with Gasteiger partial charge in [0.1, 0.15) is 0 Å². The van der Waals surface area contributed by atoms with Crippen molar-refractivity contribution in [2.45, 2.75) is 27.2 Å². The summed E-state index contributed by atoms with van der Waals surface area (Å²) in [6.07, 6.45) is 4.74. The lowest BCUT2D eigenvalue weighted by atomic mass is 10.2. The van der Waals surface area contributed by atoms with Crippen LogP contribution in [0.1, 0.15) is 27.2 Å². The Balaban J connectivity index is -0.000000277. The number of aliphatic imine (C=N–C) groups is 2. The Morgan fingerprint density at radius 3 is 1.77 bits per heavy atom. The maximum atomic E-state index is 10.2. The first-order chi connectivity index (χ1) is 10.2. The molecular weight excluding hydrogens is 292 g/mol. The van der Waals surface area contributed by atoms with Crippen LogP contribution in [0.25, 0.3) is 0 Å². The zero-order valence-corrected chi connectivity index (χ0v) is 12.8. The van der Waals surface area contributed by atoms with Crippen molar-refractivity contribution in [1.29, 1.82) is 0 Å². The third-order valence-electron chi connectivity index (χ3n) is 1.68. The molecule has 0 heterocycles. The largest absolute Gasteiger partial charge is 0.478 e. The molecule has 0 amide bonds. The molecule has 0 aromatic heterocycles. The molecule has 0 aromatic rings. The van der Waals surface area contributed by atoms with E-state index in [0.29, 0.717) is 19.5 Å². The average Bonchev–Trinajstić information content (AvgIpc) is 2.45. The number of carboxylic acid groups (broad SMARTS) is 2. The maximum Gasteiger partial charge on any atom is 0.330 e. The van der Waals surface area contributed by atoms with Crippen molar-refractivity contribution in [3.05, 3.63) is 23.8 Å². The van der Waals surface area contributed by atoms with Crippen LogP contribution in [-0.4, -0.2) is 47.4 Å². The van der Waals surface area contributed by atoms with Crippen LogP contribution >= 0.6 is 0 Å². The molecule has 0 saturated heterocycles. The maximum absolute atomic E-state index is 10.2. The number of rotatable bonds is 6. The number of aliphatic carboxylic acids is 2. The average molecular weight is 312 g/mol.